The Bertz CT molecular complexity index is 968. The van der Waals surface area contributed by atoms with Crippen molar-refractivity contribution < 1.29 is 44.2 Å². The lowest BCUT2D eigenvalue weighted by molar-refractivity contribution is -0.305. The molecule has 0 saturated carbocycles. The van der Waals surface area contributed by atoms with Crippen LogP contribution in [0, 0.1) is 0 Å². The molecule has 0 bridgehead atoms. The molecule has 6 unspecified atom stereocenters. The fourth-order valence-corrected chi connectivity index (χ4v) is 7.05. The van der Waals surface area contributed by atoms with Gasteiger partial charge in [0.2, 0.25) is 0 Å². The molecule has 57 heavy (non-hydrogen) atoms. The summed E-state index contributed by atoms with van der Waals surface area (Å²) < 4.78 is 22.8. The van der Waals surface area contributed by atoms with Crippen molar-refractivity contribution in [2.75, 3.05) is 26.4 Å². The summed E-state index contributed by atoms with van der Waals surface area (Å²) in [6.45, 7) is 4.53. The second-order valence-corrected chi connectivity index (χ2v) is 16.2. The van der Waals surface area contributed by atoms with E-state index in [4.69, 9.17) is 18.9 Å². The van der Waals surface area contributed by atoms with Gasteiger partial charge in [0.05, 0.1) is 19.8 Å². The number of esters is 1. The summed E-state index contributed by atoms with van der Waals surface area (Å²) in [7, 11) is 0. The molecule has 1 saturated heterocycles. The fraction of sp³-hybridized carbons (Fsp3) is 0.854. The molecule has 0 aromatic carbocycles. The Hall–Kier alpha value is -1.59. The molecule has 1 rings (SSSR count). The van der Waals surface area contributed by atoms with Gasteiger partial charge >= 0.3 is 5.97 Å². The van der Waals surface area contributed by atoms with Crippen LogP contribution in [-0.2, 0) is 23.7 Å². The van der Waals surface area contributed by atoms with Gasteiger partial charge in [-0.05, 0) is 70.6 Å². The van der Waals surface area contributed by atoms with Crippen molar-refractivity contribution in [3.8, 4) is 0 Å². The maximum Gasteiger partial charge on any atom is 0.306 e. The van der Waals surface area contributed by atoms with Crippen LogP contribution in [-0.4, -0.2) is 89.6 Å². The molecular formula is C48H88O9. The molecule has 1 fully saturated rings. The van der Waals surface area contributed by atoms with Crippen LogP contribution in [0.3, 0.4) is 0 Å². The Morgan fingerprint density at radius 3 is 1.54 bits per heavy atom. The van der Waals surface area contributed by atoms with E-state index in [-0.39, 0.29) is 19.2 Å². The molecule has 1 heterocycles. The smallest absolute Gasteiger partial charge is 0.306 e. The van der Waals surface area contributed by atoms with Crippen LogP contribution in [0.4, 0.5) is 0 Å². The predicted octanol–water partition coefficient (Wildman–Crippen LogP) is 10.8. The maximum absolute atomic E-state index is 12.8. The second-order valence-electron chi connectivity index (χ2n) is 16.2. The van der Waals surface area contributed by atoms with Gasteiger partial charge in [0.15, 0.2) is 6.29 Å². The van der Waals surface area contributed by atoms with E-state index in [1.54, 1.807) is 0 Å². The quantitative estimate of drug-likeness (QED) is 0.0271. The van der Waals surface area contributed by atoms with E-state index in [0.717, 1.165) is 51.4 Å². The summed E-state index contributed by atoms with van der Waals surface area (Å²) in [6.07, 6.45) is 40.2. The van der Waals surface area contributed by atoms with Gasteiger partial charge in [-0.15, -0.1) is 0 Å². The minimum Gasteiger partial charge on any atom is -0.457 e. The van der Waals surface area contributed by atoms with Gasteiger partial charge in [0.25, 0.3) is 0 Å². The SMILES string of the molecule is CCCCCC/C=C\C/C=C\CCCCCCCCCC(=O)OC(COCCCCCCCC/C=C\CCCCCCCC)COC1OC(CO)C(O)C(O)C1O. The van der Waals surface area contributed by atoms with Crippen molar-refractivity contribution in [1.82, 2.24) is 0 Å². The summed E-state index contributed by atoms with van der Waals surface area (Å²) >= 11 is 0. The van der Waals surface area contributed by atoms with Crippen LogP contribution in [0.15, 0.2) is 36.5 Å². The Morgan fingerprint density at radius 2 is 1.02 bits per heavy atom. The molecule has 1 aliphatic rings. The van der Waals surface area contributed by atoms with Gasteiger partial charge in [0, 0.05) is 13.0 Å². The minimum absolute atomic E-state index is 0.118. The highest BCUT2D eigenvalue weighted by molar-refractivity contribution is 5.69. The third kappa shape index (κ3) is 31.0. The molecule has 0 radical (unpaired) electrons. The lowest BCUT2D eigenvalue weighted by Crippen LogP contribution is -2.59. The Balaban J connectivity index is 2.26. The summed E-state index contributed by atoms with van der Waals surface area (Å²) in [5.74, 6) is -0.323. The first kappa shape index (κ1) is 53.4. The first-order valence-electron chi connectivity index (χ1n) is 23.6. The van der Waals surface area contributed by atoms with E-state index in [1.807, 2.05) is 0 Å². The first-order valence-corrected chi connectivity index (χ1v) is 23.6. The van der Waals surface area contributed by atoms with E-state index in [2.05, 4.69) is 50.3 Å². The molecule has 0 amide bonds. The van der Waals surface area contributed by atoms with Gasteiger partial charge in [-0.3, -0.25) is 4.79 Å². The number of carbonyl (C=O) groups excluding carboxylic acids is 1. The van der Waals surface area contributed by atoms with Crippen molar-refractivity contribution in [2.24, 2.45) is 0 Å². The topological polar surface area (TPSA) is 135 Å². The number of rotatable bonds is 40. The average molecular weight is 809 g/mol. The standard InChI is InChI=1S/C48H88O9/c1-3-5-7-9-11-13-15-17-19-21-22-23-25-27-29-31-33-35-37-44(50)56-42(41-55-48-47(53)46(52)45(51)43(39-49)57-48)40-54-38-36-34-32-30-28-26-24-20-18-16-14-12-10-8-6-4-2/h13,15,18-21,42-43,45-49,51-53H,3-12,14,16-17,22-41H2,1-2H3/b15-13-,20-18-,21-19-. The molecular weight excluding hydrogens is 721 g/mol. The molecule has 334 valence electrons. The number of allylic oxidation sites excluding steroid dienone is 6. The molecule has 0 aliphatic carbocycles. The van der Waals surface area contributed by atoms with Gasteiger partial charge in [-0.2, -0.15) is 0 Å². The minimum atomic E-state index is -1.54. The number of hydrogen-bond acceptors (Lipinski definition) is 9. The van der Waals surface area contributed by atoms with Crippen LogP contribution in [0.1, 0.15) is 200 Å². The highest BCUT2D eigenvalue weighted by Crippen LogP contribution is 2.22. The lowest BCUT2D eigenvalue weighted by Gasteiger charge is -2.39. The van der Waals surface area contributed by atoms with Crippen LogP contribution in [0.5, 0.6) is 0 Å². The number of unbranched alkanes of at least 4 members (excludes halogenated alkanes) is 23. The molecule has 0 aromatic heterocycles. The van der Waals surface area contributed by atoms with Crippen LogP contribution in [0.2, 0.25) is 0 Å². The Labute approximate surface area is 349 Å². The first-order chi connectivity index (χ1) is 27.9. The predicted molar refractivity (Wildman–Crippen MR) is 233 cm³/mol. The summed E-state index contributed by atoms with van der Waals surface area (Å²) in [5, 5.41) is 40.1. The van der Waals surface area contributed by atoms with E-state index >= 15 is 0 Å². The molecule has 6 atom stereocenters. The van der Waals surface area contributed by atoms with Crippen molar-refractivity contribution in [3.05, 3.63) is 36.5 Å². The molecule has 9 nitrogen and oxygen atoms in total. The fourth-order valence-electron chi connectivity index (χ4n) is 7.05. The largest absolute Gasteiger partial charge is 0.457 e. The number of aliphatic hydroxyl groups is 4. The zero-order valence-electron chi connectivity index (χ0n) is 36.6. The van der Waals surface area contributed by atoms with Crippen molar-refractivity contribution in [3.63, 3.8) is 0 Å². The molecule has 4 N–H and O–H groups in total. The number of hydrogen-bond donors (Lipinski definition) is 4. The molecule has 0 spiro atoms. The van der Waals surface area contributed by atoms with Crippen LogP contribution >= 0.6 is 0 Å². The van der Waals surface area contributed by atoms with E-state index in [0.29, 0.717) is 13.0 Å². The van der Waals surface area contributed by atoms with Gasteiger partial charge in [0.1, 0.15) is 30.5 Å². The molecule has 1 aliphatic heterocycles. The highest BCUT2D eigenvalue weighted by Gasteiger charge is 2.44. The summed E-state index contributed by atoms with van der Waals surface area (Å²) in [5.41, 5.74) is 0. The maximum atomic E-state index is 12.8. The highest BCUT2D eigenvalue weighted by atomic mass is 16.7. The van der Waals surface area contributed by atoms with Crippen molar-refractivity contribution in [1.29, 1.82) is 0 Å². The monoisotopic (exact) mass is 809 g/mol. The van der Waals surface area contributed by atoms with Crippen molar-refractivity contribution >= 4 is 5.97 Å². The van der Waals surface area contributed by atoms with Crippen molar-refractivity contribution in [2.45, 2.75) is 237 Å². The third-order valence-corrected chi connectivity index (χ3v) is 10.8. The van der Waals surface area contributed by atoms with E-state index in [1.165, 1.54) is 128 Å². The Morgan fingerprint density at radius 1 is 0.561 bits per heavy atom. The Kier molecular flexibility index (Phi) is 37.4. The van der Waals surface area contributed by atoms with Crippen LogP contribution < -0.4 is 0 Å². The molecule has 9 heteroatoms. The van der Waals surface area contributed by atoms with Gasteiger partial charge in [-0.1, -0.05) is 159 Å². The second kappa shape index (κ2) is 39.8. The summed E-state index contributed by atoms with van der Waals surface area (Å²) in [4.78, 5) is 12.8. The van der Waals surface area contributed by atoms with Gasteiger partial charge in [-0.25, -0.2) is 0 Å². The van der Waals surface area contributed by atoms with Gasteiger partial charge < -0.3 is 39.4 Å². The average Bonchev–Trinajstić information content (AvgIpc) is 3.21. The van der Waals surface area contributed by atoms with E-state index in [9.17, 15) is 25.2 Å². The number of ether oxygens (including phenoxy) is 4. The lowest BCUT2D eigenvalue weighted by atomic mass is 9.99. The third-order valence-electron chi connectivity index (χ3n) is 10.8. The number of aliphatic hydroxyl groups excluding tert-OH is 4. The zero-order valence-corrected chi connectivity index (χ0v) is 36.6. The summed E-state index contributed by atoms with van der Waals surface area (Å²) in [6, 6.07) is 0. The normalized spacial score (nSPS) is 20.7. The number of carbonyl (C=O) groups is 1. The molecule has 0 aromatic rings. The van der Waals surface area contributed by atoms with Crippen LogP contribution in [0.25, 0.3) is 0 Å². The van der Waals surface area contributed by atoms with E-state index < -0.39 is 43.4 Å². The zero-order chi connectivity index (χ0) is 41.4.